The van der Waals surface area contributed by atoms with E-state index in [9.17, 15) is 0 Å². The lowest BCUT2D eigenvalue weighted by molar-refractivity contribution is -0.162. The molecule has 3 aromatic rings. The van der Waals surface area contributed by atoms with Gasteiger partial charge in [-0.15, -0.1) is 0 Å². The van der Waals surface area contributed by atoms with Crippen LogP contribution in [0.5, 0.6) is 0 Å². The van der Waals surface area contributed by atoms with Crippen molar-refractivity contribution < 1.29 is 0 Å². The predicted molar refractivity (Wildman–Crippen MR) is 104 cm³/mol. The average Bonchev–Trinajstić information content (AvgIpc) is 2.96. The summed E-state index contributed by atoms with van der Waals surface area (Å²) in [6.45, 7) is 3.50. The number of benzene rings is 2. The lowest BCUT2D eigenvalue weighted by atomic mass is 9.48. The minimum Gasteiger partial charge on any atom is -0.361 e. The number of aromatic amines is 1. The van der Waals surface area contributed by atoms with Gasteiger partial charge in [-0.25, -0.2) is 0 Å². The Morgan fingerprint density at radius 2 is 1.76 bits per heavy atom. The summed E-state index contributed by atoms with van der Waals surface area (Å²) in [5.74, 6) is 1.01. The minimum atomic E-state index is 0.492. The van der Waals surface area contributed by atoms with Gasteiger partial charge < -0.3 is 4.98 Å². The fourth-order valence-corrected chi connectivity index (χ4v) is 5.08. The van der Waals surface area contributed by atoms with Crippen molar-refractivity contribution in [2.75, 3.05) is 0 Å². The first-order valence-corrected chi connectivity index (χ1v) is 9.59. The van der Waals surface area contributed by atoms with Crippen molar-refractivity contribution in [3.05, 3.63) is 71.9 Å². The summed E-state index contributed by atoms with van der Waals surface area (Å²) in [4.78, 5) is 6.25. The fraction of sp³-hybridized carbons (Fsp3) is 0.391. The molecule has 0 unspecified atom stereocenters. The van der Waals surface area contributed by atoms with E-state index in [-0.39, 0.29) is 0 Å². The van der Waals surface area contributed by atoms with Gasteiger partial charge in [0.15, 0.2) is 0 Å². The summed E-state index contributed by atoms with van der Waals surface area (Å²) in [6.07, 6.45) is 7.57. The standard InChI is InChI=1S/C23H26N2/c1-17(11-20-15-24-22-10-6-5-9-21(20)22)25(23-12-19(13-23)14-23)16-18-7-3-2-4-8-18/h2-10,15,17,19,24H,11-14,16H2,1H3/t17-,19?,23?/m1/s1. The molecular formula is C23H26N2. The number of aromatic nitrogens is 1. The zero-order valence-corrected chi connectivity index (χ0v) is 14.9. The highest BCUT2D eigenvalue weighted by Crippen LogP contribution is 2.61. The van der Waals surface area contributed by atoms with Crippen LogP contribution >= 0.6 is 0 Å². The molecule has 1 N–H and O–H groups in total. The molecule has 3 aliphatic carbocycles. The van der Waals surface area contributed by atoms with E-state index in [0.29, 0.717) is 11.6 Å². The summed E-state index contributed by atoms with van der Waals surface area (Å²) in [7, 11) is 0. The Morgan fingerprint density at radius 1 is 1.04 bits per heavy atom. The zero-order valence-electron chi connectivity index (χ0n) is 14.9. The summed E-state index contributed by atoms with van der Waals surface area (Å²) in [5, 5.41) is 1.38. The molecule has 3 aliphatic rings. The Balaban J connectivity index is 1.40. The van der Waals surface area contributed by atoms with Gasteiger partial charge in [0, 0.05) is 35.2 Å². The number of hydrogen-bond donors (Lipinski definition) is 1. The normalized spacial score (nSPS) is 25.6. The quantitative estimate of drug-likeness (QED) is 0.662. The van der Waals surface area contributed by atoms with Gasteiger partial charge in [-0.3, -0.25) is 4.90 Å². The molecule has 3 fully saturated rings. The molecule has 2 aromatic carbocycles. The topological polar surface area (TPSA) is 19.0 Å². The van der Waals surface area contributed by atoms with Gasteiger partial charge in [0.25, 0.3) is 0 Å². The molecule has 128 valence electrons. The van der Waals surface area contributed by atoms with Crippen molar-refractivity contribution in [3.8, 4) is 0 Å². The second-order valence-electron chi connectivity index (χ2n) is 8.23. The van der Waals surface area contributed by atoms with E-state index in [1.54, 1.807) is 0 Å². The van der Waals surface area contributed by atoms with Crippen LogP contribution in [0.25, 0.3) is 10.9 Å². The number of nitrogens with zero attached hydrogens (tertiary/aromatic N) is 1. The molecule has 2 heteroatoms. The second kappa shape index (κ2) is 5.74. The van der Waals surface area contributed by atoms with Gasteiger partial charge in [-0.1, -0.05) is 48.5 Å². The maximum Gasteiger partial charge on any atom is 0.0456 e. The largest absolute Gasteiger partial charge is 0.361 e. The summed E-state index contributed by atoms with van der Waals surface area (Å²) in [5.41, 5.74) is 4.64. The first-order valence-electron chi connectivity index (χ1n) is 9.59. The third kappa shape index (κ3) is 2.51. The Morgan fingerprint density at radius 3 is 2.48 bits per heavy atom. The smallest absolute Gasteiger partial charge is 0.0456 e. The highest BCUT2D eigenvalue weighted by atomic mass is 15.3. The highest BCUT2D eigenvalue weighted by Gasteiger charge is 2.60. The molecule has 2 nitrogen and oxygen atoms in total. The molecule has 1 heterocycles. The molecule has 2 bridgehead atoms. The van der Waals surface area contributed by atoms with Gasteiger partial charge >= 0.3 is 0 Å². The Hall–Kier alpha value is -2.06. The van der Waals surface area contributed by atoms with Crippen molar-refractivity contribution in [1.29, 1.82) is 0 Å². The van der Waals surface area contributed by atoms with Gasteiger partial charge in [-0.05, 0) is 55.7 Å². The maximum absolute atomic E-state index is 3.44. The number of rotatable bonds is 6. The number of nitrogens with one attached hydrogen (secondary N) is 1. The first kappa shape index (κ1) is 15.2. The van der Waals surface area contributed by atoms with Crippen molar-refractivity contribution >= 4 is 10.9 Å². The van der Waals surface area contributed by atoms with E-state index in [1.807, 2.05) is 0 Å². The maximum atomic E-state index is 3.44. The summed E-state index contributed by atoms with van der Waals surface area (Å²) in [6, 6.07) is 20.2. The van der Waals surface area contributed by atoms with Crippen molar-refractivity contribution in [3.63, 3.8) is 0 Å². The van der Waals surface area contributed by atoms with E-state index in [2.05, 4.69) is 77.6 Å². The van der Waals surface area contributed by atoms with Gasteiger partial charge in [0.1, 0.15) is 0 Å². The van der Waals surface area contributed by atoms with Crippen LogP contribution in [0.15, 0.2) is 60.8 Å². The molecule has 0 radical (unpaired) electrons. The van der Waals surface area contributed by atoms with Crippen molar-refractivity contribution in [2.45, 2.75) is 50.7 Å². The predicted octanol–water partition coefficient (Wildman–Crippen LogP) is 5.15. The van der Waals surface area contributed by atoms with E-state index in [1.165, 1.54) is 41.3 Å². The van der Waals surface area contributed by atoms with Crippen molar-refractivity contribution in [2.24, 2.45) is 5.92 Å². The van der Waals surface area contributed by atoms with Gasteiger partial charge in [0.2, 0.25) is 0 Å². The zero-order chi connectivity index (χ0) is 16.9. The van der Waals surface area contributed by atoms with Crippen LogP contribution in [0, 0.1) is 5.92 Å². The number of hydrogen-bond acceptors (Lipinski definition) is 1. The minimum absolute atomic E-state index is 0.492. The van der Waals surface area contributed by atoms with Crippen LogP contribution in [0.3, 0.4) is 0 Å². The van der Waals surface area contributed by atoms with E-state index >= 15 is 0 Å². The second-order valence-corrected chi connectivity index (χ2v) is 8.23. The lowest BCUT2D eigenvalue weighted by Crippen LogP contribution is -2.69. The van der Waals surface area contributed by atoms with Gasteiger partial charge in [-0.2, -0.15) is 0 Å². The van der Waals surface area contributed by atoms with Crippen LogP contribution in [-0.2, 0) is 13.0 Å². The number of fused-ring (bicyclic) bond motifs is 1. The van der Waals surface area contributed by atoms with Crippen LogP contribution in [-0.4, -0.2) is 21.5 Å². The van der Waals surface area contributed by atoms with Crippen molar-refractivity contribution in [1.82, 2.24) is 9.88 Å². The van der Waals surface area contributed by atoms with Crippen LogP contribution < -0.4 is 0 Å². The Kier molecular flexibility index (Phi) is 3.49. The molecule has 25 heavy (non-hydrogen) atoms. The molecule has 0 amide bonds. The van der Waals surface area contributed by atoms with E-state index in [0.717, 1.165) is 18.9 Å². The third-order valence-electron chi connectivity index (χ3n) is 6.53. The van der Waals surface area contributed by atoms with E-state index < -0.39 is 0 Å². The average molecular weight is 330 g/mol. The first-order chi connectivity index (χ1) is 12.2. The van der Waals surface area contributed by atoms with Crippen LogP contribution in [0.2, 0.25) is 0 Å². The monoisotopic (exact) mass is 330 g/mol. The Labute approximate surface area is 149 Å². The summed E-state index contributed by atoms with van der Waals surface area (Å²) < 4.78 is 0. The molecular weight excluding hydrogens is 304 g/mol. The molecule has 6 rings (SSSR count). The third-order valence-corrected chi connectivity index (χ3v) is 6.53. The SMILES string of the molecule is C[C@H](Cc1c[nH]c2ccccc12)N(Cc1ccccc1)C12CC(C1)C2. The fourth-order valence-electron chi connectivity index (χ4n) is 5.08. The number of H-pyrrole nitrogens is 1. The molecule has 1 atom stereocenters. The highest BCUT2D eigenvalue weighted by molar-refractivity contribution is 5.83. The molecule has 0 saturated heterocycles. The number of para-hydroxylation sites is 1. The lowest BCUT2D eigenvalue weighted by Gasteiger charge is -2.68. The van der Waals surface area contributed by atoms with Gasteiger partial charge in [0.05, 0.1) is 0 Å². The summed E-state index contributed by atoms with van der Waals surface area (Å²) >= 11 is 0. The van der Waals surface area contributed by atoms with Crippen LogP contribution in [0.4, 0.5) is 0 Å². The molecule has 0 aliphatic heterocycles. The molecule has 3 saturated carbocycles. The molecule has 0 spiro atoms. The molecule has 1 aromatic heterocycles. The van der Waals surface area contributed by atoms with Crippen LogP contribution in [0.1, 0.15) is 37.3 Å². The Bertz CT molecular complexity index is 862. The van der Waals surface area contributed by atoms with E-state index in [4.69, 9.17) is 0 Å².